The molecule has 2 amide bonds. The van der Waals surface area contributed by atoms with Crippen molar-refractivity contribution in [1.82, 2.24) is 5.43 Å². The van der Waals surface area contributed by atoms with E-state index in [1.54, 1.807) is 12.1 Å². The van der Waals surface area contributed by atoms with Gasteiger partial charge >= 0.3 is 0 Å². The Morgan fingerprint density at radius 1 is 1.08 bits per heavy atom. The number of nitrogens with zero attached hydrogens (tertiary/aromatic N) is 1. The van der Waals surface area contributed by atoms with E-state index in [1.165, 1.54) is 4.90 Å². The lowest BCUT2D eigenvalue weighted by Gasteiger charge is -2.17. The predicted molar refractivity (Wildman–Crippen MR) is 89.7 cm³/mol. The summed E-state index contributed by atoms with van der Waals surface area (Å²) in [5, 5.41) is 0. The smallest absolute Gasteiger partial charge is 0.243 e. The van der Waals surface area contributed by atoms with Gasteiger partial charge in [-0.3, -0.25) is 20.4 Å². The minimum absolute atomic E-state index is 0.00164. The van der Waals surface area contributed by atoms with Crippen molar-refractivity contribution in [2.45, 2.75) is 13.3 Å². The Morgan fingerprint density at radius 3 is 2.46 bits per heavy atom. The van der Waals surface area contributed by atoms with Crippen LogP contribution in [0.4, 0.5) is 24.5 Å². The van der Waals surface area contributed by atoms with Gasteiger partial charge < -0.3 is 4.90 Å². The molecule has 3 rings (SSSR count). The number of halogens is 3. The van der Waals surface area contributed by atoms with Crippen LogP contribution >= 0.6 is 0 Å². The zero-order chi connectivity index (χ0) is 18.8. The van der Waals surface area contributed by atoms with Crippen LogP contribution in [-0.2, 0) is 9.59 Å². The number of nitrogens with one attached hydrogen (secondary N) is 2. The molecule has 8 heteroatoms. The van der Waals surface area contributed by atoms with Crippen LogP contribution in [0.3, 0.4) is 0 Å². The minimum atomic E-state index is -1.63. The molecule has 0 bridgehead atoms. The van der Waals surface area contributed by atoms with Crippen molar-refractivity contribution in [3.63, 3.8) is 0 Å². The predicted octanol–water partition coefficient (Wildman–Crippen LogP) is 2.91. The molecule has 1 aliphatic heterocycles. The molecule has 0 radical (unpaired) electrons. The maximum atomic E-state index is 13.6. The van der Waals surface area contributed by atoms with E-state index in [-0.39, 0.29) is 18.9 Å². The molecule has 0 aliphatic carbocycles. The first-order valence-corrected chi connectivity index (χ1v) is 7.93. The van der Waals surface area contributed by atoms with Crippen LogP contribution in [0.25, 0.3) is 0 Å². The second-order valence-electron chi connectivity index (χ2n) is 6.08. The molecular formula is C18H16F3N3O2. The van der Waals surface area contributed by atoms with E-state index in [2.05, 4.69) is 10.9 Å². The lowest BCUT2D eigenvalue weighted by atomic mass is 10.1. The van der Waals surface area contributed by atoms with Crippen molar-refractivity contribution in [2.24, 2.45) is 5.92 Å². The fourth-order valence-corrected chi connectivity index (χ4v) is 2.71. The normalized spacial score (nSPS) is 16.7. The summed E-state index contributed by atoms with van der Waals surface area (Å²) < 4.78 is 39.7. The number of hydrazine groups is 1. The Hall–Kier alpha value is -3.03. The van der Waals surface area contributed by atoms with Gasteiger partial charge in [-0.25, -0.2) is 13.2 Å². The third-order valence-electron chi connectivity index (χ3n) is 4.20. The van der Waals surface area contributed by atoms with E-state index in [0.717, 1.165) is 17.7 Å². The number of rotatable bonds is 4. The van der Waals surface area contributed by atoms with Gasteiger partial charge in [0.1, 0.15) is 0 Å². The van der Waals surface area contributed by atoms with E-state index < -0.39 is 35.0 Å². The molecule has 1 aliphatic rings. The van der Waals surface area contributed by atoms with E-state index in [4.69, 9.17) is 0 Å². The highest BCUT2D eigenvalue weighted by Gasteiger charge is 2.35. The molecule has 2 N–H and O–H groups in total. The largest absolute Gasteiger partial charge is 0.312 e. The maximum Gasteiger partial charge on any atom is 0.243 e. The van der Waals surface area contributed by atoms with Crippen molar-refractivity contribution in [3.8, 4) is 0 Å². The molecular weight excluding hydrogens is 347 g/mol. The molecule has 1 heterocycles. The Labute approximate surface area is 147 Å². The number of anilines is 2. The first-order valence-electron chi connectivity index (χ1n) is 7.93. The van der Waals surface area contributed by atoms with Gasteiger partial charge in [0.15, 0.2) is 17.5 Å². The summed E-state index contributed by atoms with van der Waals surface area (Å²) in [7, 11) is 0. The number of carbonyl (C=O) groups excluding carboxylic acids is 2. The Bertz CT molecular complexity index is 856. The zero-order valence-corrected chi connectivity index (χ0v) is 13.9. The van der Waals surface area contributed by atoms with Crippen LogP contribution in [-0.4, -0.2) is 18.4 Å². The van der Waals surface area contributed by atoms with E-state index in [0.29, 0.717) is 5.69 Å². The molecule has 0 spiro atoms. The SMILES string of the molecule is Cc1ccc(N2C[C@H](C(=O)NNc3ccc(F)c(F)c3F)CC2=O)cc1. The maximum absolute atomic E-state index is 13.6. The molecule has 0 saturated carbocycles. The third kappa shape index (κ3) is 3.49. The lowest BCUT2D eigenvalue weighted by Crippen LogP contribution is -2.36. The quantitative estimate of drug-likeness (QED) is 0.649. The summed E-state index contributed by atoms with van der Waals surface area (Å²) in [6, 6.07) is 9.02. The highest BCUT2D eigenvalue weighted by Crippen LogP contribution is 2.25. The van der Waals surface area contributed by atoms with Gasteiger partial charge in [-0.15, -0.1) is 0 Å². The van der Waals surface area contributed by atoms with Crippen LogP contribution in [0, 0.1) is 30.3 Å². The second kappa shape index (κ2) is 7.07. The van der Waals surface area contributed by atoms with Crippen molar-refractivity contribution in [3.05, 3.63) is 59.4 Å². The minimum Gasteiger partial charge on any atom is -0.312 e. The highest BCUT2D eigenvalue weighted by atomic mass is 19.2. The van der Waals surface area contributed by atoms with Gasteiger partial charge in [0, 0.05) is 18.7 Å². The monoisotopic (exact) mass is 363 g/mol. The van der Waals surface area contributed by atoms with Crippen molar-refractivity contribution in [2.75, 3.05) is 16.9 Å². The average Bonchev–Trinajstić information content (AvgIpc) is 3.01. The van der Waals surface area contributed by atoms with Gasteiger partial charge in [-0.2, -0.15) is 0 Å². The molecule has 0 aromatic heterocycles. The van der Waals surface area contributed by atoms with E-state index >= 15 is 0 Å². The van der Waals surface area contributed by atoms with Crippen molar-refractivity contribution >= 4 is 23.2 Å². The highest BCUT2D eigenvalue weighted by molar-refractivity contribution is 6.00. The first-order chi connectivity index (χ1) is 12.4. The standard InChI is InChI=1S/C18H16F3N3O2/c1-10-2-4-12(5-3-10)24-9-11(8-15(24)25)18(26)23-22-14-7-6-13(19)16(20)17(14)21/h2-7,11,22H,8-9H2,1H3,(H,23,26)/t11-/m1/s1. The summed E-state index contributed by atoms with van der Waals surface area (Å²) >= 11 is 0. The molecule has 1 fully saturated rings. The Kier molecular flexibility index (Phi) is 4.83. The van der Waals surface area contributed by atoms with Crippen molar-refractivity contribution < 1.29 is 22.8 Å². The molecule has 2 aromatic rings. The van der Waals surface area contributed by atoms with E-state index in [1.807, 2.05) is 19.1 Å². The van der Waals surface area contributed by atoms with Gasteiger partial charge in [0.2, 0.25) is 11.8 Å². The summed E-state index contributed by atoms with van der Waals surface area (Å²) in [5.74, 6) is -5.79. The van der Waals surface area contributed by atoms with E-state index in [9.17, 15) is 22.8 Å². The molecule has 5 nitrogen and oxygen atoms in total. The number of amides is 2. The second-order valence-corrected chi connectivity index (χ2v) is 6.08. The van der Waals surface area contributed by atoms with Crippen LogP contribution < -0.4 is 15.8 Å². The Balaban J connectivity index is 1.63. The lowest BCUT2D eigenvalue weighted by molar-refractivity contribution is -0.125. The van der Waals surface area contributed by atoms with Crippen molar-refractivity contribution in [1.29, 1.82) is 0 Å². The van der Waals surface area contributed by atoms with Crippen LogP contribution in [0.15, 0.2) is 36.4 Å². The number of hydrogen-bond acceptors (Lipinski definition) is 3. The molecule has 1 atom stereocenters. The fourth-order valence-electron chi connectivity index (χ4n) is 2.71. The van der Waals surface area contributed by atoms with Gasteiger partial charge in [0.05, 0.1) is 11.6 Å². The summed E-state index contributed by atoms with van der Waals surface area (Å²) in [6.45, 7) is 2.10. The zero-order valence-electron chi connectivity index (χ0n) is 13.9. The number of aryl methyl sites for hydroxylation is 1. The molecule has 136 valence electrons. The van der Waals surface area contributed by atoms with Crippen LogP contribution in [0.1, 0.15) is 12.0 Å². The van der Waals surface area contributed by atoms with Gasteiger partial charge in [-0.1, -0.05) is 17.7 Å². The number of carbonyl (C=O) groups is 2. The first kappa shape index (κ1) is 17.8. The fraction of sp³-hybridized carbons (Fsp3) is 0.222. The number of hydrogen-bond donors (Lipinski definition) is 2. The van der Waals surface area contributed by atoms with Crippen LogP contribution in [0.2, 0.25) is 0 Å². The molecule has 2 aromatic carbocycles. The van der Waals surface area contributed by atoms with Gasteiger partial charge in [0.25, 0.3) is 0 Å². The summed E-state index contributed by atoms with van der Waals surface area (Å²) in [4.78, 5) is 25.9. The third-order valence-corrected chi connectivity index (χ3v) is 4.20. The summed E-state index contributed by atoms with van der Waals surface area (Å²) in [6.07, 6.45) is 0.00164. The Morgan fingerprint density at radius 2 is 1.77 bits per heavy atom. The van der Waals surface area contributed by atoms with Crippen LogP contribution in [0.5, 0.6) is 0 Å². The average molecular weight is 363 g/mol. The number of benzene rings is 2. The molecule has 0 unspecified atom stereocenters. The summed E-state index contributed by atoms with van der Waals surface area (Å²) in [5.41, 5.74) is 5.79. The topological polar surface area (TPSA) is 61.4 Å². The molecule has 1 saturated heterocycles. The van der Waals surface area contributed by atoms with Gasteiger partial charge in [-0.05, 0) is 31.2 Å². The molecule has 26 heavy (non-hydrogen) atoms.